The highest BCUT2D eigenvalue weighted by Gasteiger charge is 2.27. The zero-order valence-corrected chi connectivity index (χ0v) is 11.7. The molecule has 1 saturated heterocycles. The first-order valence-electron chi connectivity index (χ1n) is 5.82. The molecule has 19 heavy (non-hydrogen) atoms. The van der Waals surface area contributed by atoms with Crippen LogP contribution in [0.15, 0.2) is 22.7 Å². The Bertz CT molecular complexity index is 530. The fraction of sp³-hybridized carbons (Fsp3) is 0.385. The van der Waals surface area contributed by atoms with Gasteiger partial charge in [-0.25, -0.2) is 4.39 Å². The van der Waals surface area contributed by atoms with E-state index in [4.69, 9.17) is 10.00 Å². The molecule has 0 spiro atoms. The van der Waals surface area contributed by atoms with Gasteiger partial charge in [-0.15, -0.1) is 0 Å². The van der Waals surface area contributed by atoms with E-state index in [-0.39, 0.29) is 18.9 Å². The molecule has 4 nitrogen and oxygen atoms in total. The Morgan fingerprint density at radius 1 is 1.63 bits per heavy atom. The molecule has 0 aromatic heterocycles. The van der Waals surface area contributed by atoms with Gasteiger partial charge in [0.2, 0.25) is 5.91 Å². The number of rotatable bonds is 2. The van der Waals surface area contributed by atoms with Gasteiger partial charge >= 0.3 is 0 Å². The van der Waals surface area contributed by atoms with Crippen molar-refractivity contribution in [3.63, 3.8) is 0 Å². The molecule has 0 bridgehead atoms. The molecule has 1 aromatic carbocycles. The number of benzene rings is 1. The summed E-state index contributed by atoms with van der Waals surface area (Å²) in [5, 5.41) is 8.97. The molecule has 1 aromatic rings. The number of amides is 1. The molecule has 1 heterocycles. The zero-order valence-electron chi connectivity index (χ0n) is 10.1. The van der Waals surface area contributed by atoms with Crippen molar-refractivity contribution in [3.05, 3.63) is 34.1 Å². The second kappa shape index (κ2) is 6.13. The summed E-state index contributed by atoms with van der Waals surface area (Å²) in [5.41, 5.74) is 0.322. The average molecular weight is 327 g/mol. The maximum Gasteiger partial charge on any atom is 0.228 e. The molecule has 1 aliphatic heterocycles. The Labute approximate surface area is 118 Å². The molecule has 1 unspecified atom stereocenters. The van der Waals surface area contributed by atoms with Crippen LogP contribution in [0.3, 0.4) is 0 Å². The lowest BCUT2D eigenvalue weighted by atomic mass is 10.1. The smallest absolute Gasteiger partial charge is 0.228 e. The summed E-state index contributed by atoms with van der Waals surface area (Å²) in [6.07, 6.45) is -0.0521. The SMILES string of the molecule is N#CC1COCCN1C(=O)Cc1cc(Br)ccc1F. The molecule has 1 atom stereocenters. The Kier molecular flexibility index (Phi) is 4.51. The average Bonchev–Trinajstić information content (AvgIpc) is 2.42. The summed E-state index contributed by atoms with van der Waals surface area (Å²) in [5.74, 6) is -0.676. The van der Waals surface area contributed by atoms with Crippen LogP contribution < -0.4 is 0 Å². The molecule has 0 N–H and O–H groups in total. The summed E-state index contributed by atoms with van der Waals surface area (Å²) in [4.78, 5) is 13.6. The van der Waals surface area contributed by atoms with Gasteiger partial charge in [0.05, 0.1) is 25.7 Å². The van der Waals surface area contributed by atoms with Gasteiger partial charge in [-0.2, -0.15) is 5.26 Å². The second-order valence-electron chi connectivity index (χ2n) is 4.22. The van der Waals surface area contributed by atoms with Gasteiger partial charge in [0.25, 0.3) is 0 Å². The number of nitriles is 1. The highest BCUT2D eigenvalue weighted by atomic mass is 79.9. The van der Waals surface area contributed by atoms with E-state index in [0.29, 0.717) is 18.7 Å². The molecular formula is C13H12BrFN2O2. The van der Waals surface area contributed by atoms with Crippen molar-refractivity contribution >= 4 is 21.8 Å². The topological polar surface area (TPSA) is 53.3 Å². The Morgan fingerprint density at radius 3 is 3.16 bits per heavy atom. The largest absolute Gasteiger partial charge is 0.376 e. The van der Waals surface area contributed by atoms with E-state index in [0.717, 1.165) is 4.47 Å². The van der Waals surface area contributed by atoms with Crippen molar-refractivity contribution in [2.75, 3.05) is 19.8 Å². The van der Waals surface area contributed by atoms with Gasteiger partial charge in [-0.3, -0.25) is 4.79 Å². The van der Waals surface area contributed by atoms with Crippen LogP contribution in [0.2, 0.25) is 0 Å². The third-order valence-electron chi connectivity index (χ3n) is 2.95. The van der Waals surface area contributed by atoms with E-state index in [1.807, 2.05) is 6.07 Å². The Balaban J connectivity index is 2.12. The first-order valence-corrected chi connectivity index (χ1v) is 6.62. The fourth-order valence-electron chi connectivity index (χ4n) is 1.95. The quantitative estimate of drug-likeness (QED) is 0.833. The lowest BCUT2D eigenvalue weighted by molar-refractivity contribution is -0.137. The van der Waals surface area contributed by atoms with Gasteiger partial charge in [0.1, 0.15) is 11.9 Å². The summed E-state index contributed by atoms with van der Waals surface area (Å²) < 4.78 is 19.5. The molecule has 100 valence electrons. The number of ether oxygens (including phenoxy) is 1. The minimum Gasteiger partial charge on any atom is -0.376 e. The monoisotopic (exact) mass is 326 g/mol. The molecule has 6 heteroatoms. The van der Waals surface area contributed by atoms with Crippen molar-refractivity contribution in [2.45, 2.75) is 12.5 Å². The van der Waals surface area contributed by atoms with Gasteiger partial charge in [0.15, 0.2) is 0 Å². The van der Waals surface area contributed by atoms with Crippen LogP contribution in [-0.4, -0.2) is 36.6 Å². The summed E-state index contributed by atoms with van der Waals surface area (Å²) in [6.45, 7) is 0.987. The standard InChI is InChI=1S/C13H12BrFN2O2/c14-10-1-2-12(15)9(5-10)6-13(18)17-3-4-19-8-11(17)7-16/h1-2,5,11H,3-4,6,8H2. The van der Waals surface area contributed by atoms with E-state index in [1.54, 1.807) is 12.1 Å². The predicted octanol–water partition coefficient (Wildman–Crippen LogP) is 1.88. The van der Waals surface area contributed by atoms with E-state index in [9.17, 15) is 9.18 Å². The summed E-state index contributed by atoms with van der Waals surface area (Å²) in [7, 11) is 0. The molecule has 0 radical (unpaired) electrons. The van der Waals surface area contributed by atoms with Crippen LogP contribution >= 0.6 is 15.9 Å². The third-order valence-corrected chi connectivity index (χ3v) is 3.44. The number of hydrogen-bond acceptors (Lipinski definition) is 3. The van der Waals surface area contributed by atoms with Crippen molar-refractivity contribution in [1.82, 2.24) is 4.90 Å². The van der Waals surface area contributed by atoms with E-state index < -0.39 is 11.9 Å². The molecule has 0 saturated carbocycles. The number of carbonyl (C=O) groups excluding carboxylic acids is 1. The van der Waals surface area contributed by atoms with Crippen LogP contribution in [0.5, 0.6) is 0 Å². The molecule has 1 amide bonds. The third kappa shape index (κ3) is 3.31. The van der Waals surface area contributed by atoms with Gasteiger partial charge in [0, 0.05) is 11.0 Å². The number of hydrogen-bond donors (Lipinski definition) is 0. The molecule has 0 aliphatic carbocycles. The highest BCUT2D eigenvalue weighted by molar-refractivity contribution is 9.10. The van der Waals surface area contributed by atoms with Gasteiger partial charge in [-0.1, -0.05) is 15.9 Å². The van der Waals surface area contributed by atoms with E-state index in [2.05, 4.69) is 15.9 Å². The molecule has 1 aliphatic rings. The van der Waals surface area contributed by atoms with Crippen molar-refractivity contribution < 1.29 is 13.9 Å². The molecular weight excluding hydrogens is 315 g/mol. The fourth-order valence-corrected chi connectivity index (χ4v) is 2.36. The van der Waals surface area contributed by atoms with E-state index >= 15 is 0 Å². The maximum absolute atomic E-state index is 13.6. The second-order valence-corrected chi connectivity index (χ2v) is 5.14. The lowest BCUT2D eigenvalue weighted by Gasteiger charge is -2.31. The minimum absolute atomic E-state index is 0.0521. The summed E-state index contributed by atoms with van der Waals surface area (Å²) in [6, 6.07) is 5.91. The normalized spacial score (nSPS) is 19.0. The first-order chi connectivity index (χ1) is 9.11. The van der Waals surface area contributed by atoms with Gasteiger partial charge < -0.3 is 9.64 Å². The van der Waals surface area contributed by atoms with Crippen LogP contribution in [-0.2, 0) is 16.0 Å². The number of morpholine rings is 1. The first kappa shape index (κ1) is 14.0. The lowest BCUT2D eigenvalue weighted by Crippen LogP contribution is -2.48. The van der Waals surface area contributed by atoms with Crippen LogP contribution in [0, 0.1) is 17.1 Å². The highest BCUT2D eigenvalue weighted by Crippen LogP contribution is 2.17. The predicted molar refractivity (Wildman–Crippen MR) is 69.7 cm³/mol. The van der Waals surface area contributed by atoms with Crippen molar-refractivity contribution in [3.8, 4) is 6.07 Å². The molecule has 2 rings (SSSR count). The Morgan fingerprint density at radius 2 is 2.42 bits per heavy atom. The van der Waals surface area contributed by atoms with Crippen molar-refractivity contribution in [1.29, 1.82) is 5.26 Å². The van der Waals surface area contributed by atoms with Crippen LogP contribution in [0.4, 0.5) is 4.39 Å². The van der Waals surface area contributed by atoms with E-state index in [1.165, 1.54) is 11.0 Å². The minimum atomic E-state index is -0.587. The summed E-state index contributed by atoms with van der Waals surface area (Å²) >= 11 is 3.24. The van der Waals surface area contributed by atoms with Gasteiger partial charge in [-0.05, 0) is 23.8 Å². The number of halogens is 2. The van der Waals surface area contributed by atoms with Crippen LogP contribution in [0.1, 0.15) is 5.56 Å². The van der Waals surface area contributed by atoms with Crippen LogP contribution in [0.25, 0.3) is 0 Å². The molecule has 1 fully saturated rings. The Hall–Kier alpha value is -1.45. The number of nitrogens with zero attached hydrogens (tertiary/aromatic N) is 2. The zero-order chi connectivity index (χ0) is 13.8. The maximum atomic E-state index is 13.6. The van der Waals surface area contributed by atoms with Crippen molar-refractivity contribution in [2.24, 2.45) is 0 Å². The number of carbonyl (C=O) groups is 1.